The van der Waals surface area contributed by atoms with E-state index in [4.69, 9.17) is 9.47 Å². The van der Waals surface area contributed by atoms with Gasteiger partial charge in [-0.1, -0.05) is 213 Å². The molecule has 0 saturated heterocycles. The summed E-state index contributed by atoms with van der Waals surface area (Å²) in [4.78, 5) is 0. The number of rotatable bonds is 32. The molecule has 0 amide bonds. The molecule has 0 aliphatic rings. The largest absolute Gasteiger partial charge is 0.493 e. The summed E-state index contributed by atoms with van der Waals surface area (Å²) in [5, 5.41) is 5.45. The van der Waals surface area contributed by atoms with Gasteiger partial charge in [-0.15, -0.1) is 22.7 Å². The fraction of sp³-hybridized carbons (Fsp3) is 0.750. The second kappa shape index (κ2) is 26.1. The van der Waals surface area contributed by atoms with Gasteiger partial charge >= 0.3 is 0 Å². The summed E-state index contributed by atoms with van der Waals surface area (Å²) >= 11 is 4.24. The average molecular weight is 922 g/mol. The minimum atomic E-state index is -1.90. The first-order valence-corrected chi connectivity index (χ1v) is 32.5. The predicted octanol–water partition coefficient (Wildman–Crippen LogP) is 19.6. The molecular formula is C56H96O2S2Si2. The maximum Gasteiger partial charge on any atom is 0.128 e. The maximum atomic E-state index is 7.02. The summed E-state index contributed by atoms with van der Waals surface area (Å²) in [7, 11) is -3.80. The minimum Gasteiger partial charge on any atom is -0.493 e. The Balaban J connectivity index is 1.79. The Kier molecular flexibility index (Phi) is 22.4. The molecule has 0 unspecified atom stereocenters. The molecule has 0 N–H and O–H groups in total. The Morgan fingerprint density at radius 3 is 0.871 bits per heavy atom. The van der Waals surface area contributed by atoms with Crippen molar-refractivity contribution in [3.63, 3.8) is 0 Å². The molecule has 0 bridgehead atoms. The van der Waals surface area contributed by atoms with Crippen LogP contribution in [0.1, 0.15) is 225 Å². The SMILES string of the molecule is CCCCCCCCCCCCOc1cc2c(cc(OCCCCCCCCCCCC)c3cc([Si](C(C)C)(C(C)C)C(C)C)sc32)c2sc([Si](C(C)C)(C(C)C)C(C)C)cc12. The second-order valence-corrected chi connectivity index (χ2v) is 36.0. The van der Waals surface area contributed by atoms with Crippen molar-refractivity contribution >= 4 is 78.8 Å². The van der Waals surface area contributed by atoms with Crippen molar-refractivity contribution in [3.05, 3.63) is 24.3 Å². The van der Waals surface area contributed by atoms with Gasteiger partial charge < -0.3 is 9.47 Å². The third-order valence-corrected chi connectivity index (χ3v) is 33.6. The zero-order valence-corrected chi connectivity index (χ0v) is 46.6. The van der Waals surface area contributed by atoms with Gasteiger partial charge in [-0.2, -0.15) is 0 Å². The van der Waals surface area contributed by atoms with Gasteiger partial charge in [0, 0.05) is 30.9 Å². The number of benzene rings is 2. The molecule has 2 nitrogen and oxygen atoms in total. The van der Waals surface area contributed by atoms with Gasteiger partial charge in [0.05, 0.1) is 13.2 Å². The summed E-state index contributed by atoms with van der Waals surface area (Å²) in [5.41, 5.74) is 3.95. The van der Waals surface area contributed by atoms with Crippen LogP contribution >= 0.6 is 22.7 Å². The Morgan fingerprint density at radius 1 is 0.355 bits per heavy atom. The number of thiophene rings is 2. The Bertz CT molecular complexity index is 1700. The van der Waals surface area contributed by atoms with Crippen molar-refractivity contribution < 1.29 is 9.47 Å². The topological polar surface area (TPSA) is 18.5 Å². The lowest BCUT2D eigenvalue weighted by atomic mass is 10.0. The zero-order chi connectivity index (χ0) is 45.5. The van der Waals surface area contributed by atoms with E-state index in [1.54, 1.807) is 9.00 Å². The van der Waals surface area contributed by atoms with Crippen LogP contribution in [0.2, 0.25) is 33.2 Å². The highest BCUT2D eigenvalue weighted by Gasteiger charge is 2.47. The van der Waals surface area contributed by atoms with Crippen LogP contribution in [0.3, 0.4) is 0 Å². The first kappa shape index (κ1) is 53.3. The molecule has 4 rings (SSSR count). The van der Waals surface area contributed by atoms with E-state index in [0.717, 1.165) is 37.6 Å². The number of unbranched alkanes of at least 4 members (excludes halogenated alkanes) is 18. The van der Waals surface area contributed by atoms with Gasteiger partial charge in [0.1, 0.15) is 27.6 Å². The highest BCUT2D eigenvalue weighted by Crippen LogP contribution is 2.50. The molecule has 0 aliphatic heterocycles. The molecule has 0 atom stereocenters. The molecule has 4 aromatic rings. The number of hydrogen-bond donors (Lipinski definition) is 0. The fourth-order valence-electron chi connectivity index (χ4n) is 12.4. The lowest BCUT2D eigenvalue weighted by Crippen LogP contribution is -2.54. The molecule has 0 saturated carbocycles. The summed E-state index contributed by atoms with van der Waals surface area (Å²) in [6.07, 6.45) is 26.8. The molecule has 2 aromatic carbocycles. The van der Waals surface area contributed by atoms with E-state index in [1.807, 2.05) is 0 Å². The van der Waals surface area contributed by atoms with E-state index in [-0.39, 0.29) is 0 Å². The van der Waals surface area contributed by atoms with Crippen LogP contribution in [0.5, 0.6) is 11.5 Å². The first-order chi connectivity index (χ1) is 29.7. The highest BCUT2D eigenvalue weighted by atomic mass is 32.1. The van der Waals surface area contributed by atoms with Crippen molar-refractivity contribution in [3.8, 4) is 11.5 Å². The van der Waals surface area contributed by atoms with Crippen molar-refractivity contribution in [1.82, 2.24) is 0 Å². The standard InChI is InChI=1S/C56H96O2S2Si2/c1-15-17-19-21-23-25-27-29-31-33-35-57-51-37-47-48(55-49(51)39-53(59-55)61(41(3)4,42(5)6)43(7)8)38-52(58-36-34-32-30-28-26-24-22-20-18-16-2)50-40-54(60-56(47)50)62(44(9)10,45(11)12)46(13)14/h37-46H,15-36H2,1-14H3. The normalized spacial score (nSPS) is 13.0. The van der Waals surface area contributed by atoms with E-state index in [2.05, 4.69) is 144 Å². The molecular weight excluding hydrogens is 825 g/mol. The Morgan fingerprint density at radius 2 is 0.613 bits per heavy atom. The summed E-state index contributed by atoms with van der Waals surface area (Å²) in [6, 6.07) is 10.2. The van der Waals surface area contributed by atoms with E-state index in [0.29, 0.717) is 33.2 Å². The van der Waals surface area contributed by atoms with Crippen LogP contribution in [0.15, 0.2) is 24.3 Å². The monoisotopic (exact) mass is 921 g/mol. The fourth-order valence-corrected chi connectivity index (χ4v) is 32.8. The van der Waals surface area contributed by atoms with Crippen molar-refractivity contribution in [2.24, 2.45) is 0 Å². The summed E-state index contributed by atoms with van der Waals surface area (Å²) < 4.78 is 20.2. The molecule has 0 fully saturated rings. The van der Waals surface area contributed by atoms with Crippen LogP contribution in [0, 0.1) is 0 Å². The minimum absolute atomic E-state index is 0.658. The third kappa shape index (κ3) is 12.5. The van der Waals surface area contributed by atoms with E-state index < -0.39 is 16.1 Å². The number of fused-ring (bicyclic) bond motifs is 5. The highest BCUT2D eigenvalue weighted by molar-refractivity contribution is 7.34. The number of ether oxygens (including phenoxy) is 2. The molecule has 0 spiro atoms. The maximum absolute atomic E-state index is 7.02. The predicted molar refractivity (Wildman–Crippen MR) is 291 cm³/mol. The molecule has 0 radical (unpaired) electrons. The van der Waals surface area contributed by atoms with Crippen molar-refractivity contribution in [2.75, 3.05) is 13.2 Å². The van der Waals surface area contributed by atoms with Crippen LogP contribution in [0.25, 0.3) is 30.9 Å². The van der Waals surface area contributed by atoms with Crippen molar-refractivity contribution in [1.29, 1.82) is 0 Å². The van der Waals surface area contributed by atoms with E-state index in [1.165, 1.54) is 147 Å². The van der Waals surface area contributed by atoms with Gasteiger partial charge in [-0.05, 0) is 79.4 Å². The Hall–Kier alpha value is -1.35. The van der Waals surface area contributed by atoms with Crippen LogP contribution in [0.4, 0.5) is 0 Å². The van der Waals surface area contributed by atoms with Crippen molar-refractivity contribution in [2.45, 2.75) is 259 Å². The van der Waals surface area contributed by atoms with Crippen LogP contribution in [-0.4, -0.2) is 29.4 Å². The van der Waals surface area contributed by atoms with Crippen LogP contribution < -0.4 is 18.5 Å². The smallest absolute Gasteiger partial charge is 0.128 e. The van der Waals surface area contributed by atoms with Gasteiger partial charge in [0.25, 0.3) is 0 Å². The third-order valence-electron chi connectivity index (χ3n) is 15.4. The van der Waals surface area contributed by atoms with E-state index >= 15 is 0 Å². The first-order valence-electron chi connectivity index (χ1n) is 26.4. The van der Waals surface area contributed by atoms with Gasteiger partial charge in [0.15, 0.2) is 0 Å². The van der Waals surface area contributed by atoms with Crippen LogP contribution in [-0.2, 0) is 0 Å². The van der Waals surface area contributed by atoms with Gasteiger partial charge in [-0.3, -0.25) is 0 Å². The zero-order valence-electron chi connectivity index (χ0n) is 43.0. The summed E-state index contributed by atoms with van der Waals surface area (Å²) in [5.74, 6) is 2.22. The quantitative estimate of drug-likeness (QED) is 0.0359. The second-order valence-electron chi connectivity index (χ2n) is 21.4. The lowest BCUT2D eigenvalue weighted by Gasteiger charge is -2.42. The van der Waals surface area contributed by atoms with Gasteiger partial charge in [0.2, 0.25) is 0 Å². The van der Waals surface area contributed by atoms with Gasteiger partial charge in [-0.25, -0.2) is 0 Å². The molecule has 2 heterocycles. The molecule has 62 heavy (non-hydrogen) atoms. The molecule has 0 aliphatic carbocycles. The Labute approximate surface area is 393 Å². The molecule has 6 heteroatoms. The molecule has 352 valence electrons. The average Bonchev–Trinajstić information content (AvgIpc) is 3.85. The molecule has 2 aromatic heterocycles. The number of hydrogen-bond acceptors (Lipinski definition) is 4. The van der Waals surface area contributed by atoms with E-state index in [9.17, 15) is 0 Å². The lowest BCUT2D eigenvalue weighted by molar-refractivity contribution is 0.307. The summed E-state index contributed by atoms with van der Waals surface area (Å²) in [6.45, 7) is 36.4.